The highest BCUT2D eigenvalue weighted by Crippen LogP contribution is 2.47. The molecule has 10 aliphatic rings. The van der Waals surface area contributed by atoms with Gasteiger partial charge in [0.25, 0.3) is 23.6 Å². The number of aryl methyl sites for hydroxylation is 3. The summed E-state index contributed by atoms with van der Waals surface area (Å²) in [7, 11) is -14.2. The lowest BCUT2D eigenvalue weighted by atomic mass is 9.97. The van der Waals surface area contributed by atoms with E-state index >= 15 is 0 Å². The number of halogens is 2. The number of anilines is 6. The molecule has 4 atom stereocenters. The second-order valence-corrected chi connectivity index (χ2v) is 46.8. The molecule has 0 spiro atoms. The largest absolute Gasteiger partial charge is 0.378 e. The summed E-state index contributed by atoms with van der Waals surface area (Å²) >= 11 is 12.4. The molecular formula is C99H118Cl2N22O14S4. The van der Waals surface area contributed by atoms with Crippen LogP contribution in [-0.2, 0) is 49.6 Å². The highest BCUT2D eigenvalue weighted by Gasteiger charge is 2.41. The van der Waals surface area contributed by atoms with Crippen LogP contribution in [-0.4, -0.2) is 239 Å². The average Bonchev–Trinajstić information content (AvgIpc) is 1.61. The second-order valence-electron chi connectivity index (χ2n) is 39.0. The first-order chi connectivity index (χ1) is 67.5. The molecule has 4 saturated carbocycles. The highest BCUT2D eigenvalue weighted by molar-refractivity contribution is 7.92. The monoisotopic (exact) mass is 2040 g/mol. The number of fused-ring (bicyclic) bond motifs is 4. The van der Waals surface area contributed by atoms with Crippen LogP contribution in [0.4, 0.5) is 34.4 Å². The highest BCUT2D eigenvalue weighted by atomic mass is 35.5. The van der Waals surface area contributed by atoms with Crippen molar-refractivity contribution >= 4 is 144 Å². The Kier molecular flexibility index (Phi) is 28.3. The van der Waals surface area contributed by atoms with Gasteiger partial charge in [-0.3, -0.25) is 38.1 Å². The zero-order valence-corrected chi connectivity index (χ0v) is 84.8. The Bertz CT molecular complexity index is 7090. The molecule has 4 N–H and O–H groups in total. The number of ether oxygens (including phenoxy) is 2. The van der Waals surface area contributed by atoms with Gasteiger partial charge in [-0.1, -0.05) is 46.5 Å². The summed E-state index contributed by atoms with van der Waals surface area (Å²) in [6.07, 6.45) is 26.2. The minimum Gasteiger partial charge on any atom is -0.378 e. The third-order valence-corrected chi connectivity index (χ3v) is 30.2. The van der Waals surface area contributed by atoms with E-state index in [0.717, 1.165) is 251 Å². The van der Waals surface area contributed by atoms with Crippen LogP contribution in [0.5, 0.6) is 0 Å². The molecule has 746 valence electrons. The fourth-order valence-electron chi connectivity index (χ4n) is 19.9. The predicted molar refractivity (Wildman–Crippen MR) is 540 cm³/mol. The summed E-state index contributed by atoms with van der Waals surface area (Å²) in [6, 6.07) is 35.2. The first-order valence-electron chi connectivity index (χ1n) is 48.7. The Hall–Kier alpha value is -11.7. The van der Waals surface area contributed by atoms with Crippen molar-refractivity contribution in [1.82, 2.24) is 78.0 Å². The molecule has 42 heteroatoms. The molecule has 4 amide bonds. The van der Waals surface area contributed by atoms with Gasteiger partial charge in [-0.2, -0.15) is 29.4 Å². The molecule has 4 aliphatic carbocycles. The lowest BCUT2D eigenvalue weighted by molar-refractivity contribution is 0.0599. The van der Waals surface area contributed by atoms with E-state index in [1.54, 1.807) is 62.8 Å². The fourth-order valence-corrected chi connectivity index (χ4v) is 22.5. The van der Waals surface area contributed by atoms with Gasteiger partial charge in [0.05, 0.1) is 143 Å². The third-order valence-electron chi connectivity index (χ3n) is 27.4. The van der Waals surface area contributed by atoms with Crippen LogP contribution in [0.3, 0.4) is 0 Å². The molecule has 6 saturated heterocycles. The van der Waals surface area contributed by atoms with Crippen LogP contribution in [0.2, 0.25) is 10.0 Å². The Morgan fingerprint density at radius 2 is 0.617 bits per heavy atom. The molecule has 0 bridgehead atoms. The van der Waals surface area contributed by atoms with Crippen LogP contribution in [0.15, 0.2) is 128 Å². The number of carbonyl (C=O) groups is 4. The summed E-state index contributed by atoms with van der Waals surface area (Å²) in [5.74, 6) is 3.22. The van der Waals surface area contributed by atoms with E-state index in [0.29, 0.717) is 109 Å². The van der Waals surface area contributed by atoms with Crippen molar-refractivity contribution in [1.29, 1.82) is 0 Å². The molecule has 8 aromatic heterocycles. The Morgan fingerprint density at radius 3 is 0.965 bits per heavy atom. The number of aromatic nitrogens is 12. The van der Waals surface area contributed by atoms with Crippen molar-refractivity contribution in [2.24, 2.45) is 0 Å². The number of hydrogen-bond donors (Lipinski definition) is 4. The zero-order valence-electron chi connectivity index (χ0n) is 80.0. The molecule has 14 heterocycles. The minimum atomic E-state index is -3.58. The smallest absolute Gasteiger partial charge is 0.256 e. The van der Waals surface area contributed by atoms with E-state index < -0.39 is 40.1 Å². The topological polar surface area (TPSA) is 412 Å². The van der Waals surface area contributed by atoms with Gasteiger partial charge in [-0.15, -0.1) is 0 Å². The van der Waals surface area contributed by atoms with Gasteiger partial charge in [0, 0.05) is 157 Å². The second kappa shape index (κ2) is 40.6. The maximum Gasteiger partial charge on any atom is 0.256 e. The Balaban J connectivity index is 0.000000120. The van der Waals surface area contributed by atoms with Crippen molar-refractivity contribution in [2.75, 3.05) is 132 Å². The number of piperidine rings is 4. The van der Waals surface area contributed by atoms with Gasteiger partial charge in [-0.05, 0) is 222 Å². The molecule has 36 nitrogen and oxygen atoms in total. The number of likely N-dealkylation sites (tertiary alicyclic amines) is 4. The maximum absolute atomic E-state index is 13.9. The lowest BCUT2D eigenvalue weighted by Gasteiger charge is -2.35. The Morgan fingerprint density at radius 1 is 0.319 bits per heavy atom. The van der Waals surface area contributed by atoms with Crippen molar-refractivity contribution in [3.05, 3.63) is 222 Å². The van der Waals surface area contributed by atoms with Crippen LogP contribution < -0.4 is 28.7 Å². The molecule has 4 aromatic carbocycles. The summed E-state index contributed by atoms with van der Waals surface area (Å²) in [4.78, 5) is 86.5. The number of rotatable bonds is 22. The van der Waals surface area contributed by atoms with Crippen LogP contribution in [0.25, 0.3) is 22.6 Å². The number of hydrogen-bond acceptors (Lipinski definition) is 24. The SMILES string of the molecule is CS(=O)(=O)Nc1ccc(Cl)cc1C(=O)N1CCCC[C@H]1c1cc2nc(C3CC3)cc(N3CCOCC3)n2n1.Cc1cc(C2CC2)nc2cc([C@@H]3CCCCN3C(=O)c3cc(Cl)ccc3NS(C)(=O)=O)nn12.Cc1ccc(NS(C)(=O)=O)c(C(=O)N2CCCC[C@H]2c2cc3nc(C4CC4)cc(N4CCOCC4)n3n2)c1.Cc1ccc(NS(C)(=O)=O)c(C(=O)N2CCCC[C@H]2c2cc3nc(C4CC4)ccn3n2)c1. The van der Waals surface area contributed by atoms with E-state index in [4.69, 9.17) is 73.0 Å². The van der Waals surface area contributed by atoms with Crippen molar-refractivity contribution in [3.8, 4) is 0 Å². The number of nitrogens with zero attached hydrogens (tertiary/aromatic N) is 18. The van der Waals surface area contributed by atoms with E-state index in [1.165, 1.54) is 49.9 Å². The van der Waals surface area contributed by atoms with Crippen LogP contribution >= 0.6 is 23.2 Å². The summed E-state index contributed by atoms with van der Waals surface area (Å²) in [6.45, 7) is 14.0. The third kappa shape index (κ3) is 23.2. The van der Waals surface area contributed by atoms with Crippen molar-refractivity contribution < 1.29 is 62.3 Å². The number of carbonyl (C=O) groups excluding carboxylic acids is 4. The first kappa shape index (κ1) is 98.1. The van der Waals surface area contributed by atoms with Gasteiger partial charge >= 0.3 is 0 Å². The molecule has 12 aromatic rings. The number of sulfonamides is 4. The fraction of sp³-hybridized carbons (Fsp3) is 0.475. The van der Waals surface area contributed by atoms with E-state index in [-0.39, 0.29) is 70.3 Å². The van der Waals surface area contributed by atoms with Crippen LogP contribution in [0.1, 0.15) is 280 Å². The van der Waals surface area contributed by atoms with Gasteiger partial charge < -0.3 is 38.9 Å². The molecule has 0 radical (unpaired) electrons. The molecule has 0 unspecified atom stereocenters. The van der Waals surface area contributed by atoms with Gasteiger partial charge in [0.15, 0.2) is 22.6 Å². The quantitative estimate of drug-likeness (QED) is 0.0489. The Labute approximate surface area is 830 Å². The van der Waals surface area contributed by atoms with Crippen molar-refractivity contribution in [3.63, 3.8) is 0 Å². The predicted octanol–water partition coefficient (Wildman–Crippen LogP) is 15.3. The maximum atomic E-state index is 13.9. The lowest BCUT2D eigenvalue weighted by Crippen LogP contribution is -2.39. The normalized spacial score (nSPS) is 20.0. The first-order valence-corrected chi connectivity index (χ1v) is 57.0. The molecule has 141 heavy (non-hydrogen) atoms. The number of nitrogens with one attached hydrogen (secondary N) is 4. The number of benzene rings is 4. The van der Waals surface area contributed by atoms with Gasteiger partial charge in [0.2, 0.25) is 40.1 Å². The summed E-state index contributed by atoms with van der Waals surface area (Å²) < 4.78 is 124. The summed E-state index contributed by atoms with van der Waals surface area (Å²) in [5, 5.41) is 20.3. The zero-order chi connectivity index (χ0) is 98.7. The minimum absolute atomic E-state index is 0.172. The molecule has 6 aliphatic heterocycles. The van der Waals surface area contributed by atoms with E-state index in [2.05, 4.69) is 46.9 Å². The molecular weight excluding hydrogens is 1920 g/mol. The number of morpholine rings is 2. The summed E-state index contributed by atoms with van der Waals surface area (Å²) in [5.41, 5.74) is 15.9. The van der Waals surface area contributed by atoms with E-state index in [1.807, 2.05) is 80.6 Å². The molecule has 22 rings (SSSR count). The van der Waals surface area contributed by atoms with Crippen molar-refractivity contribution in [2.45, 2.75) is 197 Å². The van der Waals surface area contributed by atoms with E-state index in [9.17, 15) is 52.8 Å². The van der Waals surface area contributed by atoms with Crippen LogP contribution in [0, 0.1) is 20.8 Å². The van der Waals surface area contributed by atoms with Gasteiger partial charge in [0.1, 0.15) is 11.6 Å². The average molecular weight is 2040 g/mol. The number of amides is 4. The standard InChI is InChI=1S/C27H34N6O4S.C26H31ClN6O4S.C23H26ClN5O3S.C23H27N5O3S/c1-18-6-9-21(30-38(2,35)36)20(15-18)27(34)32-10-4-3-5-24(32)23-16-25-28-22(19-7-8-19)17-26(33(25)29-23)31-11-13-37-14-12-31;1-38(35,36)30-20-8-7-18(27)14-19(20)26(34)32-9-3-2-4-23(32)22-15-24-28-21(17-5-6-17)16-25(33(24)29-22)31-10-12-37-13-11-31;1-14-11-19(15-6-7-15)25-22-13-20(26-29(14)22)21-5-3-4-10-28(21)23(30)17-12-16(24)8-9-18(17)27-33(2,31)32;1-15-6-9-19(26-32(2,30)31)17(13-15)23(29)27-11-4-3-5-21(27)20-14-22-24-18(16-7-8-16)10-12-28(22)25-20/h6,9,15-17,19,24,30H,3-5,7-8,10-14H2,1-2H3;7-8,14-17,23,30H,2-6,9-13H2,1H3;8-9,11-13,15,21,27H,3-7,10H2,1-2H3;6,9-10,12-14,16,21,26H,3-5,7-8,11H2,1-2H3/t24-;23-;2*21-/m0000/s1. The van der Waals surface area contributed by atoms with Gasteiger partial charge in [-0.25, -0.2) is 62.6 Å². The molecule has 10 fully saturated rings.